The highest BCUT2D eigenvalue weighted by atomic mass is 32.1. The van der Waals surface area contributed by atoms with Gasteiger partial charge in [-0.25, -0.2) is 0 Å². The molecule has 2 atom stereocenters. The fraction of sp³-hybridized carbons (Fsp3) is 0.846. The zero-order valence-electron chi connectivity index (χ0n) is 11.4. The number of hydrogen-bond donors (Lipinski definition) is 2. The number of nitrogens with zero attached hydrogens (tertiary/aromatic N) is 1. The first-order valence-electron chi connectivity index (χ1n) is 6.64. The molecule has 1 aliphatic rings. The molecule has 0 radical (unpaired) electrons. The van der Waals surface area contributed by atoms with Crippen LogP contribution < -0.4 is 10.7 Å². The predicted octanol–water partition coefficient (Wildman–Crippen LogP) is 2.92. The van der Waals surface area contributed by atoms with E-state index in [9.17, 15) is 0 Å². The Balaban J connectivity index is 2.62. The molecule has 3 nitrogen and oxygen atoms in total. The highest BCUT2D eigenvalue weighted by Crippen LogP contribution is 2.31. The van der Waals surface area contributed by atoms with Gasteiger partial charge in [-0.05, 0) is 50.2 Å². The Morgan fingerprint density at radius 1 is 1.47 bits per heavy atom. The van der Waals surface area contributed by atoms with Gasteiger partial charge >= 0.3 is 0 Å². The lowest BCUT2D eigenvalue weighted by Gasteiger charge is -2.30. The molecule has 0 saturated heterocycles. The molecule has 1 aliphatic carbocycles. The highest BCUT2D eigenvalue weighted by Gasteiger charge is 2.27. The van der Waals surface area contributed by atoms with Crippen LogP contribution in [0.3, 0.4) is 0 Å². The van der Waals surface area contributed by atoms with E-state index in [0.29, 0.717) is 16.9 Å². The summed E-state index contributed by atoms with van der Waals surface area (Å²) < 4.78 is 0. The van der Waals surface area contributed by atoms with Crippen LogP contribution >= 0.6 is 12.2 Å². The van der Waals surface area contributed by atoms with Gasteiger partial charge in [0.05, 0.1) is 0 Å². The standard InChI is InChI=1S/C13H25N3S/c1-5-14-13(17)16-15-12-8-10(4)6-7-11(12)9(2)3/h9-11H,5-8H2,1-4H3,(H2,14,16,17)/b15-12-/t10-,11+/m0/s1. The Kier molecular flexibility index (Phi) is 5.89. The van der Waals surface area contributed by atoms with E-state index in [0.717, 1.165) is 18.9 Å². The summed E-state index contributed by atoms with van der Waals surface area (Å²) in [6, 6.07) is 0. The Bertz CT molecular complexity index is 286. The van der Waals surface area contributed by atoms with Crippen molar-refractivity contribution < 1.29 is 0 Å². The van der Waals surface area contributed by atoms with Gasteiger partial charge in [0.1, 0.15) is 0 Å². The molecule has 0 aromatic heterocycles. The molecule has 0 amide bonds. The van der Waals surface area contributed by atoms with Gasteiger partial charge in [-0.3, -0.25) is 5.43 Å². The van der Waals surface area contributed by atoms with Crippen molar-refractivity contribution in [1.82, 2.24) is 10.7 Å². The van der Waals surface area contributed by atoms with Crippen LogP contribution in [0.25, 0.3) is 0 Å². The molecule has 0 spiro atoms. The van der Waals surface area contributed by atoms with E-state index in [4.69, 9.17) is 12.2 Å². The van der Waals surface area contributed by atoms with Gasteiger partial charge < -0.3 is 5.32 Å². The molecule has 0 aliphatic heterocycles. The molecule has 0 bridgehead atoms. The number of thiocarbonyl (C=S) groups is 1. The molecule has 0 unspecified atom stereocenters. The summed E-state index contributed by atoms with van der Waals surface area (Å²) in [5, 5.41) is 8.20. The van der Waals surface area contributed by atoms with Gasteiger partial charge in [0, 0.05) is 18.2 Å². The van der Waals surface area contributed by atoms with E-state index >= 15 is 0 Å². The minimum Gasteiger partial charge on any atom is -0.362 e. The van der Waals surface area contributed by atoms with Crippen LogP contribution in [-0.2, 0) is 0 Å². The van der Waals surface area contributed by atoms with Crippen LogP contribution in [-0.4, -0.2) is 17.4 Å². The number of nitrogens with one attached hydrogen (secondary N) is 2. The molecule has 0 aromatic rings. The fourth-order valence-electron chi connectivity index (χ4n) is 2.41. The summed E-state index contributed by atoms with van der Waals surface area (Å²) in [5.74, 6) is 2.03. The average molecular weight is 255 g/mol. The minimum absolute atomic E-state index is 0.614. The SMILES string of the molecule is CCNC(=S)N/N=C1/C[C@@H](C)CC[C@@H]1C(C)C. The molecule has 0 aromatic carbocycles. The van der Waals surface area contributed by atoms with Crippen molar-refractivity contribution in [2.75, 3.05) is 6.54 Å². The van der Waals surface area contributed by atoms with Crippen LogP contribution in [0, 0.1) is 17.8 Å². The summed E-state index contributed by atoms with van der Waals surface area (Å²) in [5.41, 5.74) is 4.26. The Labute approximate surface area is 110 Å². The van der Waals surface area contributed by atoms with E-state index < -0.39 is 0 Å². The predicted molar refractivity (Wildman–Crippen MR) is 78.2 cm³/mol. The molecule has 2 N–H and O–H groups in total. The maximum atomic E-state index is 5.13. The second-order valence-corrected chi connectivity index (χ2v) is 5.72. The zero-order valence-corrected chi connectivity index (χ0v) is 12.2. The van der Waals surface area contributed by atoms with Crippen molar-refractivity contribution in [3.8, 4) is 0 Å². The van der Waals surface area contributed by atoms with Crippen molar-refractivity contribution >= 4 is 23.0 Å². The monoisotopic (exact) mass is 255 g/mol. The van der Waals surface area contributed by atoms with E-state index in [1.54, 1.807) is 0 Å². The first-order valence-corrected chi connectivity index (χ1v) is 7.05. The van der Waals surface area contributed by atoms with Crippen molar-refractivity contribution in [2.45, 2.75) is 47.0 Å². The molecule has 0 heterocycles. The second kappa shape index (κ2) is 6.94. The molecule has 1 rings (SSSR count). The van der Waals surface area contributed by atoms with Crippen molar-refractivity contribution in [3.05, 3.63) is 0 Å². The van der Waals surface area contributed by atoms with Crippen LogP contribution in [0.2, 0.25) is 0 Å². The smallest absolute Gasteiger partial charge is 0.186 e. The van der Waals surface area contributed by atoms with Gasteiger partial charge in [0.25, 0.3) is 0 Å². The summed E-state index contributed by atoms with van der Waals surface area (Å²) in [4.78, 5) is 0. The van der Waals surface area contributed by atoms with Gasteiger partial charge in [-0.2, -0.15) is 5.10 Å². The number of hydrogen-bond acceptors (Lipinski definition) is 2. The average Bonchev–Trinajstić information content (AvgIpc) is 2.26. The van der Waals surface area contributed by atoms with E-state index in [1.807, 2.05) is 6.92 Å². The van der Waals surface area contributed by atoms with Crippen molar-refractivity contribution in [2.24, 2.45) is 22.9 Å². The maximum Gasteiger partial charge on any atom is 0.186 e. The summed E-state index contributed by atoms with van der Waals surface area (Å²) in [7, 11) is 0. The molecule has 98 valence electrons. The van der Waals surface area contributed by atoms with Crippen molar-refractivity contribution in [3.63, 3.8) is 0 Å². The van der Waals surface area contributed by atoms with E-state index in [-0.39, 0.29) is 0 Å². The third-order valence-corrected chi connectivity index (χ3v) is 3.63. The van der Waals surface area contributed by atoms with Crippen LogP contribution in [0.5, 0.6) is 0 Å². The Morgan fingerprint density at radius 2 is 2.18 bits per heavy atom. The fourth-order valence-corrected chi connectivity index (χ4v) is 2.60. The normalized spacial score (nSPS) is 27.2. The Morgan fingerprint density at radius 3 is 2.76 bits per heavy atom. The van der Waals surface area contributed by atoms with Gasteiger partial charge in [0.15, 0.2) is 5.11 Å². The first-order chi connectivity index (χ1) is 8.04. The van der Waals surface area contributed by atoms with E-state index in [2.05, 4.69) is 36.6 Å². The first kappa shape index (κ1) is 14.4. The van der Waals surface area contributed by atoms with Gasteiger partial charge in [0.2, 0.25) is 0 Å². The van der Waals surface area contributed by atoms with Crippen molar-refractivity contribution in [1.29, 1.82) is 0 Å². The molecular weight excluding hydrogens is 230 g/mol. The molecular formula is C13H25N3S. The van der Waals surface area contributed by atoms with Crippen LogP contribution in [0.15, 0.2) is 5.10 Å². The third-order valence-electron chi connectivity index (χ3n) is 3.40. The summed E-state index contributed by atoms with van der Waals surface area (Å²) in [6.07, 6.45) is 3.68. The number of hydrazone groups is 1. The highest BCUT2D eigenvalue weighted by molar-refractivity contribution is 7.80. The largest absolute Gasteiger partial charge is 0.362 e. The molecule has 1 fully saturated rings. The quantitative estimate of drug-likeness (QED) is 0.601. The molecule has 1 saturated carbocycles. The molecule has 17 heavy (non-hydrogen) atoms. The lowest BCUT2D eigenvalue weighted by Crippen LogP contribution is -2.35. The summed E-state index contributed by atoms with van der Waals surface area (Å²) in [6.45, 7) is 9.72. The molecule has 4 heteroatoms. The maximum absolute atomic E-state index is 5.13. The third kappa shape index (κ3) is 4.62. The van der Waals surface area contributed by atoms with Gasteiger partial charge in [-0.1, -0.05) is 20.8 Å². The second-order valence-electron chi connectivity index (χ2n) is 5.31. The topological polar surface area (TPSA) is 36.4 Å². The Hall–Kier alpha value is -0.640. The number of rotatable bonds is 3. The minimum atomic E-state index is 0.614. The van der Waals surface area contributed by atoms with Crippen LogP contribution in [0.4, 0.5) is 0 Å². The zero-order chi connectivity index (χ0) is 12.8. The van der Waals surface area contributed by atoms with Crippen LogP contribution in [0.1, 0.15) is 47.0 Å². The summed E-state index contributed by atoms with van der Waals surface area (Å²) >= 11 is 5.13. The lowest BCUT2D eigenvalue weighted by molar-refractivity contribution is 0.363. The van der Waals surface area contributed by atoms with Gasteiger partial charge in [-0.15, -0.1) is 0 Å². The van der Waals surface area contributed by atoms with E-state index in [1.165, 1.54) is 18.6 Å². The lowest BCUT2D eigenvalue weighted by atomic mass is 9.76.